The lowest BCUT2D eigenvalue weighted by Crippen LogP contribution is -2.49. The Bertz CT molecular complexity index is 1090. The van der Waals surface area contributed by atoms with E-state index in [4.69, 9.17) is 4.52 Å². The van der Waals surface area contributed by atoms with E-state index in [-0.39, 0.29) is 11.5 Å². The maximum Gasteiger partial charge on any atom is 0.417 e. The molecular weight excluding hydrogens is 423 g/mol. The second-order valence-corrected chi connectivity index (χ2v) is 7.84. The number of anilines is 1. The van der Waals surface area contributed by atoms with Crippen molar-refractivity contribution in [3.05, 3.63) is 59.6 Å². The molecule has 1 aliphatic heterocycles. The topological polar surface area (TPSA) is 75.4 Å². The number of alkyl halides is 3. The number of carbonyl (C=O) groups excluding carboxylic acids is 1. The van der Waals surface area contributed by atoms with Crippen molar-refractivity contribution in [3.63, 3.8) is 0 Å². The van der Waals surface area contributed by atoms with Crippen molar-refractivity contribution in [1.82, 2.24) is 20.0 Å². The molecule has 168 valence electrons. The Kier molecular flexibility index (Phi) is 5.86. The molecule has 1 fully saturated rings. The fraction of sp³-hybridized carbons (Fsp3) is 0.364. The van der Waals surface area contributed by atoms with Gasteiger partial charge in [0.1, 0.15) is 5.82 Å². The number of pyridine rings is 1. The highest BCUT2D eigenvalue weighted by Crippen LogP contribution is 2.32. The number of piperazine rings is 1. The van der Waals surface area contributed by atoms with Gasteiger partial charge in [0.25, 0.3) is 5.91 Å². The average molecular weight is 445 g/mol. The van der Waals surface area contributed by atoms with Crippen LogP contribution in [-0.2, 0) is 6.18 Å². The van der Waals surface area contributed by atoms with Crippen molar-refractivity contribution < 1.29 is 22.5 Å². The quantitative estimate of drug-likeness (QED) is 0.598. The van der Waals surface area contributed by atoms with Gasteiger partial charge < -0.3 is 14.3 Å². The first-order valence-corrected chi connectivity index (χ1v) is 10.2. The van der Waals surface area contributed by atoms with Gasteiger partial charge in [0.15, 0.2) is 0 Å². The molecule has 0 spiro atoms. The Morgan fingerprint density at radius 1 is 1.06 bits per heavy atom. The molecule has 1 aromatic carbocycles. The molecule has 0 radical (unpaired) electrons. The van der Waals surface area contributed by atoms with Crippen LogP contribution in [0.5, 0.6) is 0 Å². The van der Waals surface area contributed by atoms with E-state index in [0.29, 0.717) is 43.7 Å². The summed E-state index contributed by atoms with van der Waals surface area (Å²) in [6.45, 7) is 5.46. The standard InChI is InChI=1S/C22H22F3N5O2/c1-14(2)20-27-19(28-32-20)15-7-8-18(26-13-15)29-9-11-30(12-10-29)21(31)16-5-3-4-6-17(16)22(23,24)25/h3-8,13-14H,9-12H2,1-2H3. The van der Waals surface area contributed by atoms with Crippen molar-refractivity contribution in [2.24, 2.45) is 0 Å². The van der Waals surface area contributed by atoms with E-state index in [9.17, 15) is 18.0 Å². The number of carbonyl (C=O) groups is 1. The van der Waals surface area contributed by atoms with Gasteiger partial charge in [-0.05, 0) is 24.3 Å². The number of nitrogens with zero attached hydrogens (tertiary/aromatic N) is 5. The normalized spacial score (nSPS) is 14.8. The van der Waals surface area contributed by atoms with Crippen molar-refractivity contribution in [3.8, 4) is 11.4 Å². The van der Waals surface area contributed by atoms with E-state index in [1.54, 1.807) is 6.20 Å². The first-order valence-electron chi connectivity index (χ1n) is 10.2. The summed E-state index contributed by atoms with van der Waals surface area (Å²) in [6.07, 6.45) is -2.92. The second-order valence-electron chi connectivity index (χ2n) is 7.84. The molecule has 1 saturated heterocycles. The number of hydrogen-bond donors (Lipinski definition) is 0. The SMILES string of the molecule is CC(C)c1nc(-c2ccc(N3CCN(C(=O)c4ccccc4C(F)(F)F)CC3)nc2)no1. The highest BCUT2D eigenvalue weighted by atomic mass is 19.4. The van der Waals surface area contributed by atoms with Crippen LogP contribution < -0.4 is 4.90 Å². The van der Waals surface area contributed by atoms with E-state index in [0.717, 1.165) is 11.6 Å². The van der Waals surface area contributed by atoms with E-state index >= 15 is 0 Å². The van der Waals surface area contributed by atoms with Crippen LogP contribution in [0.25, 0.3) is 11.4 Å². The van der Waals surface area contributed by atoms with Crippen LogP contribution in [0.1, 0.15) is 41.6 Å². The fourth-order valence-electron chi connectivity index (χ4n) is 3.52. The summed E-state index contributed by atoms with van der Waals surface area (Å²) < 4.78 is 45.0. The van der Waals surface area contributed by atoms with Crippen LogP contribution >= 0.6 is 0 Å². The summed E-state index contributed by atoms with van der Waals surface area (Å²) in [7, 11) is 0. The lowest BCUT2D eigenvalue weighted by Gasteiger charge is -2.35. The highest BCUT2D eigenvalue weighted by molar-refractivity contribution is 5.96. The summed E-state index contributed by atoms with van der Waals surface area (Å²) in [5.74, 6) is 1.25. The van der Waals surface area contributed by atoms with Gasteiger partial charge in [-0.25, -0.2) is 4.98 Å². The minimum Gasteiger partial charge on any atom is -0.353 e. The molecule has 3 aromatic rings. The summed E-state index contributed by atoms with van der Waals surface area (Å²) in [6, 6.07) is 8.55. The lowest BCUT2D eigenvalue weighted by atomic mass is 10.1. The first-order chi connectivity index (χ1) is 15.2. The van der Waals surface area contributed by atoms with Gasteiger partial charge >= 0.3 is 6.18 Å². The Morgan fingerprint density at radius 3 is 2.38 bits per heavy atom. The largest absolute Gasteiger partial charge is 0.417 e. The maximum absolute atomic E-state index is 13.3. The van der Waals surface area contributed by atoms with Crippen LogP contribution in [0, 0.1) is 0 Å². The molecule has 0 aliphatic carbocycles. The number of halogens is 3. The molecule has 0 unspecified atom stereocenters. The molecule has 1 amide bonds. The molecule has 0 saturated carbocycles. The van der Waals surface area contributed by atoms with Gasteiger partial charge in [0.05, 0.1) is 11.1 Å². The van der Waals surface area contributed by atoms with Gasteiger partial charge in [0.2, 0.25) is 11.7 Å². The third-order valence-electron chi connectivity index (χ3n) is 5.30. The number of rotatable bonds is 4. The van der Waals surface area contributed by atoms with Gasteiger partial charge in [-0.1, -0.05) is 31.1 Å². The van der Waals surface area contributed by atoms with Crippen LogP contribution in [0.15, 0.2) is 47.1 Å². The average Bonchev–Trinajstić information content (AvgIpc) is 3.29. The maximum atomic E-state index is 13.3. The summed E-state index contributed by atoms with van der Waals surface area (Å²) >= 11 is 0. The number of benzene rings is 1. The number of hydrogen-bond acceptors (Lipinski definition) is 6. The zero-order valence-electron chi connectivity index (χ0n) is 17.6. The first kappa shape index (κ1) is 21.8. The molecule has 0 atom stereocenters. The summed E-state index contributed by atoms with van der Waals surface area (Å²) in [5, 5.41) is 3.97. The van der Waals surface area contributed by atoms with E-state index < -0.39 is 17.6 Å². The van der Waals surface area contributed by atoms with Gasteiger partial charge in [0, 0.05) is 43.9 Å². The minimum atomic E-state index is -4.58. The number of aromatic nitrogens is 3. The summed E-state index contributed by atoms with van der Waals surface area (Å²) in [4.78, 5) is 25.0. The molecule has 10 heteroatoms. The molecule has 3 heterocycles. The third kappa shape index (κ3) is 4.44. The van der Waals surface area contributed by atoms with E-state index in [2.05, 4.69) is 15.1 Å². The Balaban J connectivity index is 1.41. The Labute approximate surface area is 182 Å². The molecule has 2 aromatic heterocycles. The van der Waals surface area contributed by atoms with Crippen molar-refractivity contribution >= 4 is 11.7 Å². The molecule has 0 N–H and O–H groups in total. The minimum absolute atomic E-state index is 0.130. The van der Waals surface area contributed by atoms with Gasteiger partial charge in [-0.2, -0.15) is 18.2 Å². The monoisotopic (exact) mass is 445 g/mol. The molecular formula is C22H22F3N5O2. The van der Waals surface area contributed by atoms with E-state index in [1.165, 1.54) is 23.1 Å². The lowest BCUT2D eigenvalue weighted by molar-refractivity contribution is -0.138. The molecule has 32 heavy (non-hydrogen) atoms. The number of amides is 1. The Morgan fingerprint density at radius 2 is 1.78 bits per heavy atom. The van der Waals surface area contributed by atoms with Gasteiger partial charge in [-0.3, -0.25) is 4.79 Å². The highest BCUT2D eigenvalue weighted by Gasteiger charge is 2.36. The fourth-order valence-corrected chi connectivity index (χ4v) is 3.52. The zero-order chi connectivity index (χ0) is 22.9. The van der Waals surface area contributed by atoms with Crippen molar-refractivity contribution in [2.45, 2.75) is 25.9 Å². The van der Waals surface area contributed by atoms with E-state index in [1.807, 2.05) is 30.9 Å². The van der Waals surface area contributed by atoms with Gasteiger partial charge in [-0.15, -0.1) is 0 Å². The molecule has 1 aliphatic rings. The van der Waals surface area contributed by atoms with Crippen LogP contribution in [0.4, 0.5) is 19.0 Å². The van der Waals surface area contributed by atoms with Crippen LogP contribution in [-0.4, -0.2) is 52.1 Å². The second kappa shape index (κ2) is 8.60. The van der Waals surface area contributed by atoms with Crippen LogP contribution in [0.2, 0.25) is 0 Å². The zero-order valence-corrected chi connectivity index (χ0v) is 17.6. The predicted molar refractivity (Wildman–Crippen MR) is 111 cm³/mol. The van der Waals surface area contributed by atoms with Crippen LogP contribution in [0.3, 0.4) is 0 Å². The van der Waals surface area contributed by atoms with Crippen molar-refractivity contribution in [1.29, 1.82) is 0 Å². The van der Waals surface area contributed by atoms with Crippen molar-refractivity contribution in [2.75, 3.05) is 31.1 Å². The molecule has 0 bridgehead atoms. The molecule has 4 rings (SSSR count). The predicted octanol–water partition coefficient (Wildman–Crippen LogP) is 4.24. The molecule has 7 nitrogen and oxygen atoms in total. The Hall–Kier alpha value is -3.43. The third-order valence-corrected chi connectivity index (χ3v) is 5.30. The smallest absolute Gasteiger partial charge is 0.353 e. The summed E-state index contributed by atoms with van der Waals surface area (Å²) in [5.41, 5.74) is -0.509.